The molecular weight excluding hydrogens is 366 g/mol. The van der Waals surface area contributed by atoms with Gasteiger partial charge in [0.2, 0.25) is 0 Å². The number of piperazine rings is 1. The van der Waals surface area contributed by atoms with Gasteiger partial charge in [-0.25, -0.2) is 0 Å². The monoisotopic (exact) mass is 387 g/mol. The number of benzene rings is 2. The molecule has 0 aliphatic carbocycles. The van der Waals surface area contributed by atoms with Crippen molar-refractivity contribution in [2.24, 2.45) is 0 Å². The Morgan fingerprint density at radius 1 is 0.958 bits per heavy atom. The summed E-state index contributed by atoms with van der Waals surface area (Å²) in [5, 5.41) is 3.00. The SMILES string of the molecule is O=C(NCCN1CCN(c2ccccc2)CC1)c1ccc(Br)cc1. The number of anilines is 1. The highest BCUT2D eigenvalue weighted by molar-refractivity contribution is 9.10. The summed E-state index contributed by atoms with van der Waals surface area (Å²) in [5.41, 5.74) is 1.99. The largest absolute Gasteiger partial charge is 0.369 e. The zero-order valence-electron chi connectivity index (χ0n) is 13.6. The van der Waals surface area contributed by atoms with E-state index >= 15 is 0 Å². The van der Waals surface area contributed by atoms with Crippen molar-refractivity contribution in [2.45, 2.75) is 0 Å². The van der Waals surface area contributed by atoms with Gasteiger partial charge in [-0.15, -0.1) is 0 Å². The summed E-state index contributed by atoms with van der Waals surface area (Å²) < 4.78 is 0.982. The number of para-hydroxylation sites is 1. The molecule has 4 nitrogen and oxygen atoms in total. The number of nitrogens with zero attached hydrogens (tertiary/aromatic N) is 2. The molecule has 0 radical (unpaired) electrons. The van der Waals surface area contributed by atoms with Gasteiger partial charge in [0, 0.05) is 55.0 Å². The van der Waals surface area contributed by atoms with Crippen molar-refractivity contribution in [1.29, 1.82) is 0 Å². The van der Waals surface area contributed by atoms with Gasteiger partial charge >= 0.3 is 0 Å². The molecule has 1 N–H and O–H groups in total. The van der Waals surface area contributed by atoms with Crippen LogP contribution in [0.5, 0.6) is 0 Å². The van der Waals surface area contributed by atoms with Crippen LogP contribution in [0.4, 0.5) is 5.69 Å². The molecule has 1 aliphatic heterocycles. The van der Waals surface area contributed by atoms with Gasteiger partial charge in [-0.05, 0) is 36.4 Å². The van der Waals surface area contributed by atoms with Gasteiger partial charge in [-0.2, -0.15) is 0 Å². The Kier molecular flexibility index (Phi) is 5.88. The molecule has 24 heavy (non-hydrogen) atoms. The maximum absolute atomic E-state index is 12.1. The highest BCUT2D eigenvalue weighted by Crippen LogP contribution is 2.15. The molecule has 126 valence electrons. The Morgan fingerprint density at radius 3 is 2.29 bits per heavy atom. The van der Waals surface area contributed by atoms with Crippen molar-refractivity contribution >= 4 is 27.5 Å². The summed E-state index contributed by atoms with van der Waals surface area (Å²) in [4.78, 5) is 16.9. The van der Waals surface area contributed by atoms with E-state index in [2.05, 4.69) is 55.3 Å². The summed E-state index contributed by atoms with van der Waals surface area (Å²) in [5.74, 6) is -0.00887. The van der Waals surface area contributed by atoms with Crippen LogP contribution in [0.15, 0.2) is 59.1 Å². The predicted octanol–water partition coefficient (Wildman–Crippen LogP) is 3.00. The normalized spacial score (nSPS) is 15.3. The van der Waals surface area contributed by atoms with Gasteiger partial charge in [0.15, 0.2) is 0 Å². The first-order valence-electron chi connectivity index (χ1n) is 8.28. The molecule has 0 unspecified atom stereocenters. The maximum Gasteiger partial charge on any atom is 0.251 e. The van der Waals surface area contributed by atoms with E-state index in [1.165, 1.54) is 5.69 Å². The number of hydrogen-bond donors (Lipinski definition) is 1. The molecule has 5 heteroatoms. The Morgan fingerprint density at radius 2 is 1.62 bits per heavy atom. The van der Waals surface area contributed by atoms with E-state index in [9.17, 15) is 4.79 Å². The van der Waals surface area contributed by atoms with Gasteiger partial charge in [0.1, 0.15) is 0 Å². The average molecular weight is 388 g/mol. The molecular formula is C19H22BrN3O. The lowest BCUT2D eigenvalue weighted by molar-refractivity contribution is 0.0948. The second kappa shape index (κ2) is 8.31. The standard InChI is InChI=1S/C19H22BrN3O/c20-17-8-6-16(7-9-17)19(24)21-10-11-22-12-14-23(15-13-22)18-4-2-1-3-5-18/h1-9H,10-15H2,(H,21,24). The fraction of sp³-hybridized carbons (Fsp3) is 0.316. The Hall–Kier alpha value is -1.85. The Labute approximate surface area is 151 Å². The minimum Gasteiger partial charge on any atom is -0.369 e. The fourth-order valence-corrected chi connectivity index (χ4v) is 3.16. The summed E-state index contributed by atoms with van der Waals surface area (Å²) in [6.07, 6.45) is 0. The molecule has 1 aliphatic rings. The van der Waals surface area contributed by atoms with E-state index in [0.717, 1.165) is 37.2 Å². The number of carbonyl (C=O) groups is 1. The fourth-order valence-electron chi connectivity index (χ4n) is 2.90. The molecule has 3 rings (SSSR count). The molecule has 0 bridgehead atoms. The summed E-state index contributed by atoms with van der Waals surface area (Å²) in [7, 11) is 0. The van der Waals surface area contributed by atoms with Crippen LogP contribution in [0.25, 0.3) is 0 Å². The number of hydrogen-bond acceptors (Lipinski definition) is 3. The summed E-state index contributed by atoms with van der Waals surface area (Å²) in [6.45, 7) is 5.70. The van der Waals surface area contributed by atoms with Crippen LogP contribution in [0.1, 0.15) is 10.4 Å². The molecule has 2 aromatic carbocycles. The first-order chi connectivity index (χ1) is 11.7. The third kappa shape index (κ3) is 4.58. The number of carbonyl (C=O) groups excluding carboxylic acids is 1. The lowest BCUT2D eigenvalue weighted by Crippen LogP contribution is -2.48. The number of halogens is 1. The number of rotatable bonds is 5. The molecule has 2 aromatic rings. The summed E-state index contributed by atoms with van der Waals surface area (Å²) >= 11 is 3.38. The quantitative estimate of drug-likeness (QED) is 0.856. The minimum atomic E-state index is -0.00887. The van der Waals surface area contributed by atoms with Gasteiger partial charge in [-0.3, -0.25) is 9.69 Å². The smallest absolute Gasteiger partial charge is 0.251 e. The highest BCUT2D eigenvalue weighted by Gasteiger charge is 2.16. The first kappa shape index (κ1) is 17.0. The van der Waals surface area contributed by atoms with Crippen LogP contribution < -0.4 is 10.2 Å². The second-order valence-corrected chi connectivity index (χ2v) is 6.84. The van der Waals surface area contributed by atoms with E-state index in [-0.39, 0.29) is 5.91 Å². The van der Waals surface area contributed by atoms with Crippen molar-refractivity contribution in [1.82, 2.24) is 10.2 Å². The minimum absolute atomic E-state index is 0.00887. The zero-order valence-corrected chi connectivity index (χ0v) is 15.2. The van der Waals surface area contributed by atoms with Gasteiger partial charge in [0.05, 0.1) is 0 Å². The van der Waals surface area contributed by atoms with Gasteiger partial charge < -0.3 is 10.2 Å². The predicted molar refractivity (Wildman–Crippen MR) is 102 cm³/mol. The van der Waals surface area contributed by atoms with Gasteiger partial charge in [-0.1, -0.05) is 34.1 Å². The van der Waals surface area contributed by atoms with Crippen LogP contribution in [-0.2, 0) is 0 Å². The molecule has 0 atom stereocenters. The first-order valence-corrected chi connectivity index (χ1v) is 9.08. The lowest BCUT2D eigenvalue weighted by Gasteiger charge is -2.36. The van der Waals surface area contributed by atoms with Crippen LogP contribution in [0, 0.1) is 0 Å². The average Bonchev–Trinajstić information content (AvgIpc) is 2.63. The Bertz CT molecular complexity index is 652. The molecule has 0 spiro atoms. The van der Waals surface area contributed by atoms with E-state index in [1.54, 1.807) is 0 Å². The molecule has 1 heterocycles. The van der Waals surface area contributed by atoms with E-state index in [1.807, 2.05) is 30.3 Å². The molecule has 1 amide bonds. The second-order valence-electron chi connectivity index (χ2n) is 5.93. The van der Waals surface area contributed by atoms with Crippen LogP contribution >= 0.6 is 15.9 Å². The molecule has 1 fully saturated rings. The number of amides is 1. The topological polar surface area (TPSA) is 35.6 Å². The van der Waals surface area contributed by atoms with Crippen LogP contribution in [0.2, 0.25) is 0 Å². The van der Waals surface area contributed by atoms with Crippen molar-refractivity contribution in [2.75, 3.05) is 44.2 Å². The van der Waals surface area contributed by atoms with E-state index in [4.69, 9.17) is 0 Å². The Balaban J connectivity index is 1.39. The van der Waals surface area contributed by atoms with Crippen molar-refractivity contribution in [3.8, 4) is 0 Å². The maximum atomic E-state index is 12.1. The highest BCUT2D eigenvalue weighted by atomic mass is 79.9. The lowest BCUT2D eigenvalue weighted by atomic mass is 10.2. The zero-order chi connectivity index (χ0) is 16.8. The third-order valence-corrected chi connectivity index (χ3v) is 4.84. The van der Waals surface area contributed by atoms with Crippen molar-refractivity contribution < 1.29 is 4.79 Å². The molecule has 0 saturated carbocycles. The van der Waals surface area contributed by atoms with Crippen molar-refractivity contribution in [3.05, 3.63) is 64.6 Å². The molecule has 1 saturated heterocycles. The van der Waals surface area contributed by atoms with E-state index in [0.29, 0.717) is 12.1 Å². The van der Waals surface area contributed by atoms with Crippen LogP contribution in [-0.4, -0.2) is 50.1 Å². The molecule has 0 aromatic heterocycles. The van der Waals surface area contributed by atoms with E-state index < -0.39 is 0 Å². The third-order valence-electron chi connectivity index (χ3n) is 4.31. The van der Waals surface area contributed by atoms with Crippen LogP contribution in [0.3, 0.4) is 0 Å². The van der Waals surface area contributed by atoms with Crippen molar-refractivity contribution in [3.63, 3.8) is 0 Å². The summed E-state index contributed by atoms with van der Waals surface area (Å²) in [6, 6.07) is 18.0. The van der Waals surface area contributed by atoms with Gasteiger partial charge in [0.25, 0.3) is 5.91 Å². The number of nitrogens with one attached hydrogen (secondary N) is 1.